The van der Waals surface area contributed by atoms with Gasteiger partial charge in [0, 0.05) is 11.4 Å². The Kier molecular flexibility index (Phi) is 8.83. The molecule has 180 valence electrons. The van der Waals surface area contributed by atoms with Crippen molar-refractivity contribution in [1.29, 1.82) is 0 Å². The number of allylic oxidation sites excluding steroid dienone is 1. The van der Waals surface area contributed by atoms with E-state index in [0.717, 1.165) is 4.88 Å². The number of anilines is 1. The molecular formula is C23H25FN4O4S2. The van der Waals surface area contributed by atoms with Crippen LogP contribution in [0.2, 0.25) is 0 Å². The Bertz CT molecular complexity index is 1160. The number of aromatic nitrogens is 3. The highest BCUT2D eigenvalue weighted by Gasteiger charge is 2.21. The first kappa shape index (κ1) is 25.4. The number of carbonyl (C=O) groups is 2. The molecule has 0 bridgehead atoms. The largest absolute Gasteiger partial charge is 0.483 e. The lowest BCUT2D eigenvalue weighted by molar-refractivity contribution is -0.113. The number of amides is 1. The van der Waals surface area contributed by atoms with Gasteiger partial charge < -0.3 is 14.8 Å². The van der Waals surface area contributed by atoms with E-state index in [9.17, 15) is 14.0 Å². The fourth-order valence-corrected chi connectivity index (χ4v) is 4.71. The van der Waals surface area contributed by atoms with E-state index in [4.69, 9.17) is 9.47 Å². The van der Waals surface area contributed by atoms with Gasteiger partial charge in [-0.1, -0.05) is 17.8 Å². The van der Waals surface area contributed by atoms with Crippen LogP contribution in [0.15, 0.2) is 48.1 Å². The summed E-state index contributed by atoms with van der Waals surface area (Å²) in [4.78, 5) is 25.6. The van der Waals surface area contributed by atoms with Crippen molar-refractivity contribution in [2.45, 2.75) is 38.6 Å². The molecule has 2 heterocycles. The van der Waals surface area contributed by atoms with E-state index < -0.39 is 12.1 Å². The topological polar surface area (TPSA) is 95.3 Å². The van der Waals surface area contributed by atoms with E-state index in [1.807, 2.05) is 13.8 Å². The van der Waals surface area contributed by atoms with Crippen molar-refractivity contribution in [3.05, 3.63) is 65.1 Å². The van der Waals surface area contributed by atoms with E-state index in [1.54, 1.807) is 23.6 Å². The lowest BCUT2D eigenvalue weighted by Crippen LogP contribution is -2.17. The summed E-state index contributed by atoms with van der Waals surface area (Å²) in [5.41, 5.74) is 0.339. The second kappa shape index (κ2) is 11.8. The minimum atomic E-state index is -0.472. The predicted octanol–water partition coefficient (Wildman–Crippen LogP) is 5.02. The molecule has 0 aliphatic heterocycles. The molecule has 0 aliphatic carbocycles. The first-order valence-electron chi connectivity index (χ1n) is 10.5. The number of aryl methyl sites for hydroxylation is 1. The van der Waals surface area contributed by atoms with Gasteiger partial charge in [-0.3, -0.25) is 9.36 Å². The first-order valence-corrected chi connectivity index (χ1v) is 12.3. The number of thioether (sulfide) groups is 1. The lowest BCUT2D eigenvalue weighted by Gasteiger charge is -2.15. The van der Waals surface area contributed by atoms with Crippen molar-refractivity contribution in [1.82, 2.24) is 14.8 Å². The molecule has 0 aliphatic rings. The number of nitrogens with zero attached hydrogens (tertiary/aromatic N) is 3. The summed E-state index contributed by atoms with van der Waals surface area (Å²) in [6, 6.07) is 7.41. The number of hydrogen-bond donors (Lipinski definition) is 1. The van der Waals surface area contributed by atoms with Gasteiger partial charge in [-0.05, 0) is 51.1 Å². The molecule has 11 heteroatoms. The van der Waals surface area contributed by atoms with Crippen LogP contribution >= 0.6 is 23.1 Å². The molecule has 3 aromatic rings. The molecule has 2 aromatic heterocycles. The van der Waals surface area contributed by atoms with Crippen LogP contribution in [0.4, 0.5) is 9.39 Å². The Morgan fingerprint density at radius 1 is 1.32 bits per heavy atom. The van der Waals surface area contributed by atoms with Crippen LogP contribution in [0.3, 0.4) is 0 Å². The Balaban J connectivity index is 1.67. The van der Waals surface area contributed by atoms with E-state index in [1.165, 1.54) is 47.4 Å². The van der Waals surface area contributed by atoms with Gasteiger partial charge in [0.25, 0.3) is 0 Å². The van der Waals surface area contributed by atoms with E-state index in [0.29, 0.717) is 33.8 Å². The minimum absolute atomic E-state index is 0.0572. The minimum Gasteiger partial charge on any atom is -0.483 e. The van der Waals surface area contributed by atoms with Crippen molar-refractivity contribution in [2.24, 2.45) is 0 Å². The molecule has 0 radical (unpaired) electrons. The third kappa shape index (κ3) is 6.45. The predicted molar refractivity (Wildman–Crippen MR) is 130 cm³/mol. The van der Waals surface area contributed by atoms with E-state index >= 15 is 0 Å². The summed E-state index contributed by atoms with van der Waals surface area (Å²) in [6.07, 6.45) is 1.23. The zero-order valence-electron chi connectivity index (χ0n) is 19.0. The molecule has 0 spiro atoms. The number of benzene rings is 1. The van der Waals surface area contributed by atoms with Crippen LogP contribution in [-0.4, -0.2) is 39.0 Å². The summed E-state index contributed by atoms with van der Waals surface area (Å²) in [7, 11) is 0. The van der Waals surface area contributed by atoms with Crippen molar-refractivity contribution in [2.75, 3.05) is 17.7 Å². The molecule has 1 amide bonds. The van der Waals surface area contributed by atoms with Gasteiger partial charge in [-0.2, -0.15) is 0 Å². The number of ether oxygens (including phenoxy) is 2. The van der Waals surface area contributed by atoms with Crippen molar-refractivity contribution in [3.63, 3.8) is 0 Å². The number of esters is 1. The summed E-state index contributed by atoms with van der Waals surface area (Å²) >= 11 is 2.52. The van der Waals surface area contributed by atoms with E-state index in [2.05, 4.69) is 22.1 Å². The van der Waals surface area contributed by atoms with Gasteiger partial charge in [-0.25, -0.2) is 9.18 Å². The zero-order chi connectivity index (χ0) is 24.7. The molecule has 1 N–H and O–H groups in total. The molecular weight excluding hydrogens is 479 g/mol. The van der Waals surface area contributed by atoms with Gasteiger partial charge in [0.2, 0.25) is 5.91 Å². The Labute approximate surface area is 205 Å². The van der Waals surface area contributed by atoms with Crippen LogP contribution in [0.5, 0.6) is 5.75 Å². The molecule has 8 nitrogen and oxygen atoms in total. The third-order valence-electron chi connectivity index (χ3n) is 4.48. The summed E-state index contributed by atoms with van der Waals surface area (Å²) < 4.78 is 25.9. The highest BCUT2D eigenvalue weighted by Crippen LogP contribution is 2.29. The van der Waals surface area contributed by atoms with Crippen molar-refractivity contribution in [3.8, 4) is 5.75 Å². The summed E-state index contributed by atoms with van der Waals surface area (Å²) in [5, 5.41) is 12.2. The fraction of sp³-hybridized carbons (Fsp3) is 0.304. The maximum Gasteiger partial charge on any atom is 0.341 e. The van der Waals surface area contributed by atoms with Crippen molar-refractivity contribution >= 4 is 40.0 Å². The number of hydrogen-bond acceptors (Lipinski definition) is 8. The standard InChI is InChI=1S/C23H25FN4O4S2/c1-5-11-28-20(15(4)32-17-9-7-16(24)8-10-17)26-27-23(28)33-13-19(29)25-21-18(12-14(3)34-21)22(30)31-6-2/h5,7-10,12,15H,1,6,11,13H2,2-4H3,(H,25,29). The molecule has 1 unspecified atom stereocenters. The number of thiophene rings is 1. The zero-order valence-corrected chi connectivity index (χ0v) is 20.7. The van der Waals surface area contributed by atoms with Gasteiger partial charge in [0.15, 0.2) is 17.1 Å². The van der Waals surface area contributed by atoms with Crippen LogP contribution in [-0.2, 0) is 16.1 Å². The third-order valence-corrected chi connectivity index (χ3v) is 6.42. The normalized spacial score (nSPS) is 11.6. The molecule has 0 fully saturated rings. The fourth-order valence-electron chi connectivity index (χ4n) is 3.04. The Hall–Kier alpha value is -3.18. The molecule has 3 rings (SSSR count). The van der Waals surface area contributed by atoms with Gasteiger partial charge in [-0.15, -0.1) is 28.1 Å². The number of nitrogens with one attached hydrogen (secondary N) is 1. The van der Waals surface area contributed by atoms with Gasteiger partial charge >= 0.3 is 5.97 Å². The average Bonchev–Trinajstić information content (AvgIpc) is 3.37. The molecule has 34 heavy (non-hydrogen) atoms. The maximum absolute atomic E-state index is 13.1. The Morgan fingerprint density at radius 3 is 2.74 bits per heavy atom. The Morgan fingerprint density at radius 2 is 2.06 bits per heavy atom. The lowest BCUT2D eigenvalue weighted by atomic mass is 10.3. The second-order valence-corrected chi connectivity index (χ2v) is 9.31. The average molecular weight is 505 g/mol. The number of halogens is 1. The van der Waals surface area contributed by atoms with Gasteiger partial charge in [0.1, 0.15) is 16.6 Å². The smallest absolute Gasteiger partial charge is 0.341 e. The quantitative estimate of drug-likeness (QED) is 0.223. The van der Waals surface area contributed by atoms with Crippen LogP contribution in [0.1, 0.15) is 41.0 Å². The highest BCUT2D eigenvalue weighted by atomic mass is 32.2. The van der Waals surface area contributed by atoms with Crippen LogP contribution in [0.25, 0.3) is 0 Å². The highest BCUT2D eigenvalue weighted by molar-refractivity contribution is 7.99. The van der Waals surface area contributed by atoms with Crippen LogP contribution in [0, 0.1) is 12.7 Å². The summed E-state index contributed by atoms with van der Waals surface area (Å²) in [5.74, 6) is -0.00592. The monoisotopic (exact) mass is 504 g/mol. The maximum atomic E-state index is 13.1. The molecule has 1 atom stereocenters. The second-order valence-electron chi connectivity index (χ2n) is 7.11. The van der Waals surface area contributed by atoms with Crippen LogP contribution < -0.4 is 10.1 Å². The summed E-state index contributed by atoms with van der Waals surface area (Å²) in [6.45, 7) is 9.83. The first-order chi connectivity index (χ1) is 16.3. The molecule has 1 aromatic carbocycles. The van der Waals surface area contributed by atoms with E-state index in [-0.39, 0.29) is 24.1 Å². The van der Waals surface area contributed by atoms with Crippen molar-refractivity contribution < 1.29 is 23.5 Å². The number of rotatable bonds is 11. The molecule has 0 saturated heterocycles. The number of carbonyl (C=O) groups excluding carboxylic acids is 2. The SMILES string of the molecule is C=CCn1c(SCC(=O)Nc2sc(C)cc2C(=O)OCC)nnc1C(C)Oc1ccc(F)cc1. The molecule has 0 saturated carbocycles. The van der Waals surface area contributed by atoms with Gasteiger partial charge in [0.05, 0.1) is 17.9 Å².